The Kier molecular flexibility index (Phi) is 4.07. The number of halogens is 1. The molecule has 0 aliphatic carbocycles. The fourth-order valence-corrected chi connectivity index (χ4v) is 1.85. The predicted octanol–water partition coefficient (Wildman–Crippen LogP) is 1.50. The van der Waals surface area contributed by atoms with Crippen molar-refractivity contribution in [1.82, 2.24) is 9.55 Å². The molecule has 3 N–H and O–H groups in total. The van der Waals surface area contributed by atoms with Crippen molar-refractivity contribution < 1.29 is 4.79 Å². The lowest BCUT2D eigenvalue weighted by Crippen LogP contribution is -2.20. The van der Waals surface area contributed by atoms with Crippen molar-refractivity contribution in [2.24, 2.45) is 0 Å². The molecule has 0 spiro atoms. The molecule has 1 heterocycles. The maximum Gasteiger partial charge on any atom is 0.244 e. The number of nitrogens with zero attached hydrogens (tertiary/aromatic N) is 4. The van der Waals surface area contributed by atoms with Crippen LogP contribution in [0.25, 0.3) is 0 Å². The average molecular weight is 301 g/mol. The number of hydrogen-bond acceptors (Lipinski definition) is 5. The molecule has 21 heavy (non-hydrogen) atoms. The first kappa shape index (κ1) is 14.4. The number of nitrogens with one attached hydrogen (secondary N) is 1. The van der Waals surface area contributed by atoms with Gasteiger partial charge in [-0.15, -0.1) is 0 Å². The number of imidazole rings is 1. The molecule has 0 fully saturated rings. The van der Waals surface area contributed by atoms with E-state index in [1.807, 2.05) is 6.07 Å². The zero-order chi connectivity index (χ0) is 15.4. The van der Waals surface area contributed by atoms with Crippen molar-refractivity contribution in [2.45, 2.75) is 6.54 Å². The van der Waals surface area contributed by atoms with Crippen molar-refractivity contribution in [3.8, 4) is 12.1 Å². The number of nitrogen functional groups attached to an aromatic ring is 1. The van der Waals surface area contributed by atoms with Crippen LogP contribution in [0.15, 0.2) is 24.5 Å². The summed E-state index contributed by atoms with van der Waals surface area (Å²) in [4.78, 5) is 15.7. The van der Waals surface area contributed by atoms with Gasteiger partial charge in [0, 0.05) is 5.02 Å². The van der Waals surface area contributed by atoms with E-state index in [-0.39, 0.29) is 17.9 Å². The van der Waals surface area contributed by atoms with Crippen molar-refractivity contribution in [3.05, 3.63) is 40.9 Å². The van der Waals surface area contributed by atoms with Crippen LogP contribution in [0.4, 0.5) is 11.4 Å². The van der Waals surface area contributed by atoms with Gasteiger partial charge in [-0.2, -0.15) is 10.5 Å². The van der Waals surface area contributed by atoms with E-state index in [2.05, 4.69) is 10.3 Å². The second kappa shape index (κ2) is 5.95. The lowest BCUT2D eigenvalue weighted by molar-refractivity contribution is -0.116. The molecular weight excluding hydrogens is 292 g/mol. The highest BCUT2D eigenvalue weighted by Crippen LogP contribution is 2.22. The van der Waals surface area contributed by atoms with Crippen LogP contribution < -0.4 is 11.1 Å². The number of amides is 1. The Bertz CT molecular complexity index is 783. The van der Waals surface area contributed by atoms with Gasteiger partial charge in [-0.25, -0.2) is 4.98 Å². The Labute approximate surface area is 125 Å². The van der Waals surface area contributed by atoms with Gasteiger partial charge >= 0.3 is 0 Å². The summed E-state index contributed by atoms with van der Waals surface area (Å²) >= 11 is 5.83. The van der Waals surface area contributed by atoms with E-state index in [4.69, 9.17) is 27.9 Å². The van der Waals surface area contributed by atoms with Crippen LogP contribution in [0, 0.1) is 22.7 Å². The van der Waals surface area contributed by atoms with Gasteiger partial charge in [0.05, 0.1) is 17.7 Å². The summed E-state index contributed by atoms with van der Waals surface area (Å²) in [6.07, 6.45) is 1.26. The van der Waals surface area contributed by atoms with Crippen LogP contribution in [0.2, 0.25) is 5.02 Å². The lowest BCUT2D eigenvalue weighted by Gasteiger charge is -2.09. The van der Waals surface area contributed by atoms with Gasteiger partial charge in [0.15, 0.2) is 11.4 Å². The molecule has 1 aromatic heterocycles. The first-order chi connectivity index (χ1) is 10.0. The third-order valence-electron chi connectivity index (χ3n) is 2.65. The molecule has 0 unspecified atom stereocenters. The van der Waals surface area contributed by atoms with E-state index < -0.39 is 5.91 Å². The molecule has 0 aliphatic rings. The second-order valence-corrected chi connectivity index (χ2v) is 4.51. The van der Waals surface area contributed by atoms with Gasteiger partial charge in [-0.05, 0) is 18.2 Å². The maximum absolute atomic E-state index is 12.0. The van der Waals surface area contributed by atoms with Crippen LogP contribution >= 0.6 is 11.6 Å². The standard InChI is InChI=1S/C13H9ClN6O/c14-8-1-2-9(17)10(3-8)19-13(21)6-20-7-18-11(4-15)12(20)5-16/h1-3,7H,6,17H2,(H,19,21). The zero-order valence-electron chi connectivity index (χ0n) is 10.7. The summed E-state index contributed by atoms with van der Waals surface area (Å²) < 4.78 is 1.29. The van der Waals surface area contributed by atoms with Gasteiger partial charge in [0.25, 0.3) is 0 Å². The Morgan fingerprint density at radius 2 is 2.19 bits per heavy atom. The monoisotopic (exact) mass is 300 g/mol. The Morgan fingerprint density at radius 1 is 1.43 bits per heavy atom. The van der Waals surface area contributed by atoms with Crippen LogP contribution in [-0.4, -0.2) is 15.5 Å². The minimum Gasteiger partial charge on any atom is -0.397 e. The summed E-state index contributed by atoms with van der Waals surface area (Å²) in [6.45, 7) is -0.163. The number of aromatic nitrogens is 2. The van der Waals surface area contributed by atoms with Crippen LogP contribution in [0.5, 0.6) is 0 Å². The quantitative estimate of drug-likeness (QED) is 0.832. The normalized spacial score (nSPS) is 9.67. The Hall–Kier alpha value is -3.03. The molecule has 0 radical (unpaired) electrons. The van der Waals surface area contributed by atoms with Crippen LogP contribution in [0.3, 0.4) is 0 Å². The van der Waals surface area contributed by atoms with Crippen LogP contribution in [-0.2, 0) is 11.3 Å². The topological polar surface area (TPSA) is 121 Å². The van der Waals surface area contributed by atoms with Crippen LogP contribution in [0.1, 0.15) is 11.4 Å². The second-order valence-electron chi connectivity index (χ2n) is 4.07. The summed E-state index contributed by atoms with van der Waals surface area (Å²) in [5.74, 6) is -0.414. The fraction of sp³-hybridized carbons (Fsp3) is 0.0769. The lowest BCUT2D eigenvalue weighted by atomic mass is 10.2. The molecule has 0 atom stereocenters. The third-order valence-corrected chi connectivity index (χ3v) is 2.89. The molecule has 8 heteroatoms. The fourth-order valence-electron chi connectivity index (χ4n) is 1.68. The van der Waals surface area contributed by atoms with Crippen molar-refractivity contribution in [3.63, 3.8) is 0 Å². The number of nitrogens with two attached hydrogens (primary N) is 1. The van der Waals surface area contributed by atoms with E-state index in [1.165, 1.54) is 17.0 Å². The molecule has 2 rings (SSSR count). The van der Waals surface area contributed by atoms with Gasteiger partial charge in [-0.1, -0.05) is 11.6 Å². The van der Waals surface area contributed by atoms with Gasteiger partial charge < -0.3 is 15.6 Å². The minimum atomic E-state index is -0.414. The number of carbonyl (C=O) groups excluding carboxylic acids is 1. The molecule has 0 saturated carbocycles. The summed E-state index contributed by atoms with van der Waals surface area (Å²) in [6, 6.07) is 8.32. The number of hydrogen-bond donors (Lipinski definition) is 2. The van der Waals surface area contributed by atoms with E-state index in [1.54, 1.807) is 18.2 Å². The molecule has 0 bridgehead atoms. The summed E-state index contributed by atoms with van der Waals surface area (Å²) in [5.41, 5.74) is 6.49. The smallest absolute Gasteiger partial charge is 0.244 e. The molecule has 2 aromatic rings. The van der Waals surface area contributed by atoms with Crippen molar-refractivity contribution in [1.29, 1.82) is 10.5 Å². The zero-order valence-corrected chi connectivity index (χ0v) is 11.4. The Balaban J connectivity index is 2.16. The van der Waals surface area contributed by atoms with Crippen molar-refractivity contribution >= 4 is 28.9 Å². The van der Waals surface area contributed by atoms with Crippen molar-refractivity contribution in [2.75, 3.05) is 11.1 Å². The Morgan fingerprint density at radius 3 is 2.86 bits per heavy atom. The maximum atomic E-state index is 12.0. The minimum absolute atomic E-state index is 0.0208. The summed E-state index contributed by atoms with van der Waals surface area (Å²) in [5, 5.41) is 20.8. The molecule has 7 nitrogen and oxygen atoms in total. The van der Waals surface area contributed by atoms with E-state index in [0.29, 0.717) is 16.4 Å². The SMILES string of the molecule is N#Cc1ncn(CC(=O)Nc2cc(Cl)ccc2N)c1C#N. The van der Waals surface area contributed by atoms with Gasteiger partial charge in [-0.3, -0.25) is 4.79 Å². The average Bonchev–Trinajstić information content (AvgIpc) is 2.84. The first-order valence-electron chi connectivity index (χ1n) is 5.75. The number of nitriles is 2. The van der Waals surface area contributed by atoms with Gasteiger partial charge in [0.1, 0.15) is 18.7 Å². The summed E-state index contributed by atoms with van der Waals surface area (Å²) in [7, 11) is 0. The molecule has 1 amide bonds. The van der Waals surface area contributed by atoms with E-state index in [9.17, 15) is 4.79 Å². The third kappa shape index (κ3) is 3.11. The highest BCUT2D eigenvalue weighted by molar-refractivity contribution is 6.31. The highest BCUT2D eigenvalue weighted by Gasteiger charge is 2.13. The van der Waals surface area contributed by atoms with E-state index in [0.717, 1.165) is 0 Å². The van der Waals surface area contributed by atoms with E-state index >= 15 is 0 Å². The predicted molar refractivity (Wildman–Crippen MR) is 76.2 cm³/mol. The largest absolute Gasteiger partial charge is 0.397 e. The number of benzene rings is 1. The number of carbonyl (C=O) groups is 1. The van der Waals surface area contributed by atoms with Gasteiger partial charge in [0.2, 0.25) is 5.91 Å². The first-order valence-corrected chi connectivity index (χ1v) is 6.13. The molecule has 0 aliphatic heterocycles. The molecule has 0 saturated heterocycles. The number of rotatable bonds is 3. The molecule has 104 valence electrons. The highest BCUT2D eigenvalue weighted by atomic mass is 35.5. The molecule has 1 aromatic carbocycles. The molecular formula is C13H9ClN6O. The number of anilines is 2.